The van der Waals surface area contributed by atoms with Gasteiger partial charge in [0.25, 0.3) is 0 Å². The molecule has 4 aromatic rings. The second-order valence-corrected chi connectivity index (χ2v) is 20.3. The number of nitrogens with zero attached hydrogens (tertiary/aromatic N) is 4. The summed E-state index contributed by atoms with van der Waals surface area (Å²) in [6, 6.07) is 25.6. The summed E-state index contributed by atoms with van der Waals surface area (Å²) in [5.74, 6) is 3.39. The predicted molar refractivity (Wildman–Crippen MR) is 224 cm³/mol. The van der Waals surface area contributed by atoms with Crippen LogP contribution >= 0.6 is 17.1 Å². The van der Waals surface area contributed by atoms with E-state index in [9.17, 15) is 4.79 Å². The molecule has 3 aliphatic rings. The fraction of sp³-hybridized carbons (Fsp3) is 0.439. The third-order valence-corrected chi connectivity index (χ3v) is 15.6. The van der Waals surface area contributed by atoms with Gasteiger partial charge in [-0.25, -0.2) is 9.79 Å². The lowest BCUT2D eigenvalue weighted by Gasteiger charge is -2.37. The maximum Gasteiger partial charge on any atom is 0.351 e. The van der Waals surface area contributed by atoms with Crippen LogP contribution in [0.15, 0.2) is 94.8 Å². The van der Waals surface area contributed by atoms with Crippen LogP contribution in [-0.2, 0) is 45.4 Å². The first-order valence-corrected chi connectivity index (χ1v) is 23.1. The summed E-state index contributed by atoms with van der Waals surface area (Å²) in [6.45, 7) is 3.77. The third-order valence-electron chi connectivity index (χ3n) is 10.3. The minimum atomic E-state index is -2.81. The molecule has 1 aromatic heterocycles. The molecule has 4 heterocycles. The summed E-state index contributed by atoms with van der Waals surface area (Å²) in [5, 5.41) is 0. The minimum Gasteiger partial charge on any atom is -0.497 e. The van der Waals surface area contributed by atoms with Gasteiger partial charge >= 0.3 is 5.69 Å². The molecule has 57 heavy (non-hydrogen) atoms. The monoisotopic (exact) mass is 836 g/mol. The van der Waals surface area contributed by atoms with E-state index in [1.807, 2.05) is 92.8 Å². The van der Waals surface area contributed by atoms with E-state index in [0.717, 1.165) is 41.9 Å². The van der Waals surface area contributed by atoms with Crippen molar-refractivity contribution in [2.24, 2.45) is 4.99 Å². The summed E-state index contributed by atoms with van der Waals surface area (Å²) in [4.78, 5) is 25.3. The maximum atomic E-state index is 14.0. The Kier molecular flexibility index (Phi) is 13.5. The molecule has 3 aliphatic heterocycles. The first-order chi connectivity index (χ1) is 27.7. The maximum absolute atomic E-state index is 14.0. The van der Waals surface area contributed by atoms with Crippen LogP contribution in [0.4, 0.5) is 5.82 Å². The van der Waals surface area contributed by atoms with E-state index in [0.29, 0.717) is 41.8 Å². The molecule has 16 heteroatoms. The zero-order valence-corrected chi connectivity index (χ0v) is 35.3. The molecule has 3 fully saturated rings. The number of benzene rings is 3. The highest BCUT2D eigenvalue weighted by Crippen LogP contribution is 2.66. The van der Waals surface area contributed by atoms with Crippen molar-refractivity contribution in [3.8, 4) is 11.5 Å². The molecule has 0 amide bonds. The molecule has 304 valence electrons. The molecule has 0 radical (unpaired) electrons. The van der Waals surface area contributed by atoms with Crippen molar-refractivity contribution in [2.45, 2.75) is 49.9 Å². The summed E-state index contributed by atoms with van der Waals surface area (Å²) in [7, 11) is 6.87. The van der Waals surface area contributed by atoms with Crippen LogP contribution < -0.4 is 15.2 Å². The van der Waals surface area contributed by atoms with Gasteiger partial charge in [-0.1, -0.05) is 66.0 Å². The van der Waals surface area contributed by atoms with E-state index in [1.54, 1.807) is 27.5 Å². The van der Waals surface area contributed by atoms with Gasteiger partial charge in [0.1, 0.15) is 41.2 Å². The number of hydrogen-bond acceptors (Lipinski definition) is 13. The van der Waals surface area contributed by atoms with E-state index in [-0.39, 0.29) is 13.2 Å². The van der Waals surface area contributed by atoms with E-state index >= 15 is 0 Å². The molecular weight excluding hydrogens is 788 g/mol. The van der Waals surface area contributed by atoms with Crippen molar-refractivity contribution in [1.82, 2.24) is 14.5 Å². The van der Waals surface area contributed by atoms with Crippen LogP contribution in [0, 0.1) is 6.92 Å². The van der Waals surface area contributed by atoms with Crippen LogP contribution in [0.5, 0.6) is 11.5 Å². The highest BCUT2D eigenvalue weighted by molar-refractivity contribution is 8.68. The van der Waals surface area contributed by atoms with Crippen LogP contribution in [0.25, 0.3) is 0 Å². The summed E-state index contributed by atoms with van der Waals surface area (Å²) < 4.78 is 51.5. The fourth-order valence-corrected chi connectivity index (χ4v) is 12.0. The van der Waals surface area contributed by atoms with Gasteiger partial charge in [0, 0.05) is 44.6 Å². The Balaban J connectivity index is 1.32. The van der Waals surface area contributed by atoms with Gasteiger partial charge in [0.15, 0.2) is 12.0 Å². The molecule has 0 aliphatic carbocycles. The number of methoxy groups -OCH3 is 3. The zero-order chi connectivity index (χ0) is 40.0. The molecule has 0 spiro atoms. The lowest BCUT2D eigenvalue weighted by atomic mass is 9.80. The van der Waals surface area contributed by atoms with Gasteiger partial charge in [-0.15, -0.1) is 0 Å². The Hall–Kier alpha value is -3.63. The van der Waals surface area contributed by atoms with Gasteiger partial charge in [0.05, 0.1) is 40.6 Å². The van der Waals surface area contributed by atoms with E-state index in [1.165, 1.54) is 15.9 Å². The number of aliphatic imine (C=N–C) groups is 1. The van der Waals surface area contributed by atoms with Crippen molar-refractivity contribution in [1.29, 1.82) is 0 Å². The molecule has 5 atom stereocenters. The highest BCUT2D eigenvalue weighted by atomic mass is 32.9. The average Bonchev–Trinajstić information content (AvgIpc) is 3.95. The van der Waals surface area contributed by atoms with Crippen LogP contribution in [-0.4, -0.2) is 106 Å². The Morgan fingerprint density at radius 1 is 0.947 bits per heavy atom. The van der Waals surface area contributed by atoms with Gasteiger partial charge in [-0.2, -0.15) is 4.98 Å². The number of hydrogen-bond donors (Lipinski definition) is 0. The van der Waals surface area contributed by atoms with Crippen molar-refractivity contribution in [3.63, 3.8) is 0 Å². The van der Waals surface area contributed by atoms with E-state index in [4.69, 9.17) is 54.3 Å². The normalized spacial score (nSPS) is 24.4. The molecule has 0 saturated carbocycles. The number of ether oxygens (including phenoxy) is 6. The Morgan fingerprint density at radius 3 is 2.19 bits per heavy atom. The largest absolute Gasteiger partial charge is 0.497 e. The fourth-order valence-electron chi connectivity index (χ4n) is 7.38. The summed E-state index contributed by atoms with van der Waals surface area (Å²) in [6.07, 6.45) is 0.189. The lowest BCUT2D eigenvalue weighted by Crippen LogP contribution is -2.42. The standard InChI is InChI=1S/C41H49N4O9PS2/c1-28-26-45(40(46)43-38(28)42-35-12-9-21-44(35)2)39-37(50-23-22-47-3)36(54-55(56)52-24-25-57-55)34(53-39)27-51-41(29-10-7-6-8-11-29,30-13-17-32(48-4)18-14-30)31-15-19-33(49-5)20-16-31/h6-8,10-11,13-20,26,34,36-37,39H,9,12,21-25,27H2,1-5H3/t34-,36-,37-,39-,55+/m1/s1. The number of likely N-dealkylation sites (tertiary alicyclic amines) is 1. The number of aryl methyl sites for hydroxylation is 1. The number of rotatable bonds is 16. The van der Waals surface area contributed by atoms with Crippen molar-refractivity contribution in [3.05, 3.63) is 118 Å². The van der Waals surface area contributed by atoms with Gasteiger partial charge in [-0.3, -0.25) is 4.57 Å². The summed E-state index contributed by atoms with van der Waals surface area (Å²) in [5.41, 5.74) is -1.21. The predicted octanol–water partition coefficient (Wildman–Crippen LogP) is 6.64. The zero-order valence-electron chi connectivity index (χ0n) is 32.8. The molecule has 0 bridgehead atoms. The smallest absolute Gasteiger partial charge is 0.351 e. The Morgan fingerprint density at radius 2 is 1.61 bits per heavy atom. The van der Waals surface area contributed by atoms with Crippen molar-refractivity contribution in [2.75, 3.05) is 67.1 Å². The number of aromatic nitrogens is 2. The van der Waals surface area contributed by atoms with Gasteiger partial charge in [0.2, 0.25) is 5.69 Å². The first kappa shape index (κ1) is 41.5. The Labute approximate surface area is 342 Å². The second-order valence-electron chi connectivity index (χ2n) is 13.9. The number of amidine groups is 1. The summed E-state index contributed by atoms with van der Waals surface area (Å²) >= 11 is 7.49. The minimum absolute atomic E-state index is 0.00249. The SMILES string of the molecule is COCCO[C@@H]1[C@H](O[P@]2(=S)OCCS2)[C@@H](COC(c2ccccc2)(c2ccc(OC)cc2)c2ccc(OC)cc2)O[C@H]1n1cc(C)c(N=C2CCCN2C)nc1=O. The Bertz CT molecular complexity index is 2050. The van der Waals surface area contributed by atoms with Crippen molar-refractivity contribution >= 4 is 40.5 Å². The van der Waals surface area contributed by atoms with Crippen molar-refractivity contribution < 1.29 is 37.5 Å². The highest BCUT2D eigenvalue weighted by Gasteiger charge is 2.52. The lowest BCUT2D eigenvalue weighted by molar-refractivity contribution is -0.0989. The molecule has 13 nitrogen and oxygen atoms in total. The van der Waals surface area contributed by atoms with Crippen LogP contribution in [0.2, 0.25) is 0 Å². The van der Waals surface area contributed by atoms with Gasteiger partial charge < -0.3 is 42.4 Å². The van der Waals surface area contributed by atoms with E-state index in [2.05, 4.69) is 9.88 Å². The topological polar surface area (TPSA) is 124 Å². The molecule has 0 N–H and O–H groups in total. The second kappa shape index (κ2) is 18.5. The van der Waals surface area contributed by atoms with E-state index < -0.39 is 41.5 Å². The molecule has 7 rings (SSSR count). The van der Waals surface area contributed by atoms with Gasteiger partial charge in [-0.05, 0) is 66.1 Å². The average molecular weight is 837 g/mol. The molecule has 3 aromatic carbocycles. The first-order valence-electron chi connectivity index (χ1n) is 18.9. The molecular formula is C41H49N4O9PS2. The molecule has 3 saturated heterocycles. The third kappa shape index (κ3) is 9.02. The molecule has 0 unspecified atom stereocenters. The van der Waals surface area contributed by atoms with Crippen LogP contribution in [0.3, 0.4) is 0 Å². The van der Waals surface area contributed by atoms with Crippen LogP contribution in [0.1, 0.15) is 41.3 Å². The quantitative estimate of drug-likeness (QED) is 0.0682.